The maximum Gasteiger partial charge on any atom is 0.130 e. The molecule has 1 N–H and O–H groups in total. The van der Waals surface area contributed by atoms with E-state index >= 15 is 0 Å². The first-order valence-corrected chi connectivity index (χ1v) is 7.81. The van der Waals surface area contributed by atoms with Crippen LogP contribution in [0.3, 0.4) is 0 Å². The molecule has 1 aliphatic heterocycles. The molecule has 1 aromatic carbocycles. The lowest BCUT2D eigenvalue weighted by molar-refractivity contribution is -0.00594. The molecule has 0 aromatic heterocycles. The van der Waals surface area contributed by atoms with Crippen molar-refractivity contribution >= 4 is 5.71 Å². The van der Waals surface area contributed by atoms with E-state index < -0.39 is 0 Å². The zero-order chi connectivity index (χ0) is 15.0. The van der Waals surface area contributed by atoms with E-state index in [4.69, 9.17) is 9.57 Å². The Balaban J connectivity index is 2.19. The van der Waals surface area contributed by atoms with Gasteiger partial charge >= 0.3 is 0 Å². The van der Waals surface area contributed by atoms with Crippen molar-refractivity contribution in [3.8, 4) is 11.5 Å². The average molecular weight is 289 g/mol. The molecule has 0 saturated heterocycles. The average Bonchev–Trinajstić information content (AvgIpc) is 2.45. The molecule has 4 nitrogen and oxygen atoms in total. The zero-order valence-corrected chi connectivity index (χ0v) is 13.0. The molecule has 3 rings (SSSR count). The summed E-state index contributed by atoms with van der Waals surface area (Å²) < 4.78 is 6.32. The number of phenols is 1. The number of hydrogen-bond donors (Lipinski definition) is 1. The second kappa shape index (κ2) is 5.24. The summed E-state index contributed by atoms with van der Waals surface area (Å²) in [5.74, 6) is 1.25. The molecule has 1 heterocycles. The fraction of sp³-hybridized carbons (Fsp3) is 0.588. The summed E-state index contributed by atoms with van der Waals surface area (Å²) >= 11 is 0. The van der Waals surface area contributed by atoms with Crippen molar-refractivity contribution in [2.24, 2.45) is 5.16 Å². The van der Waals surface area contributed by atoms with Gasteiger partial charge in [-0.15, -0.1) is 0 Å². The normalized spacial score (nSPS) is 20.8. The van der Waals surface area contributed by atoms with E-state index in [0.717, 1.165) is 60.3 Å². The van der Waals surface area contributed by atoms with Crippen molar-refractivity contribution in [2.45, 2.75) is 58.0 Å². The minimum absolute atomic E-state index is 0.0998. The monoisotopic (exact) mass is 289 g/mol. The fourth-order valence-electron chi connectivity index (χ4n) is 3.47. The number of phenolic OH excluding ortho intramolecular Hbond substituents is 1. The number of hydrogen-bond acceptors (Lipinski definition) is 4. The van der Waals surface area contributed by atoms with Crippen molar-refractivity contribution in [3.05, 3.63) is 22.8 Å². The Labute approximate surface area is 125 Å². The number of aryl methyl sites for hydroxylation is 1. The van der Waals surface area contributed by atoms with Gasteiger partial charge in [-0.2, -0.15) is 0 Å². The lowest BCUT2D eigenvalue weighted by Gasteiger charge is -2.45. The number of benzene rings is 1. The summed E-state index contributed by atoms with van der Waals surface area (Å²) in [6, 6.07) is 1.98. The maximum atomic E-state index is 10.5. The molecule has 21 heavy (non-hydrogen) atoms. The highest BCUT2D eigenvalue weighted by molar-refractivity contribution is 6.06. The summed E-state index contributed by atoms with van der Waals surface area (Å²) in [4.78, 5) is 5.05. The van der Waals surface area contributed by atoms with Crippen molar-refractivity contribution in [1.82, 2.24) is 0 Å². The van der Waals surface area contributed by atoms with Gasteiger partial charge in [-0.25, -0.2) is 0 Å². The maximum absolute atomic E-state index is 10.5. The van der Waals surface area contributed by atoms with E-state index in [-0.39, 0.29) is 5.60 Å². The van der Waals surface area contributed by atoms with E-state index in [0.29, 0.717) is 5.75 Å². The molecule has 0 bridgehead atoms. The third kappa shape index (κ3) is 2.17. The first-order chi connectivity index (χ1) is 10.1. The van der Waals surface area contributed by atoms with Crippen LogP contribution in [0.4, 0.5) is 0 Å². The number of fused-ring (bicyclic) bond motifs is 1. The van der Waals surface area contributed by atoms with Crippen LogP contribution in [0.1, 0.15) is 56.2 Å². The Hall–Kier alpha value is -1.71. The molecule has 1 aliphatic carbocycles. The highest BCUT2D eigenvalue weighted by Crippen LogP contribution is 2.48. The van der Waals surface area contributed by atoms with Gasteiger partial charge < -0.3 is 14.7 Å². The Bertz CT molecular complexity index is 588. The van der Waals surface area contributed by atoms with Crippen LogP contribution >= 0.6 is 0 Å². The Morgan fingerprint density at radius 3 is 2.62 bits per heavy atom. The second-order valence-corrected chi connectivity index (χ2v) is 5.98. The lowest BCUT2D eigenvalue weighted by Crippen LogP contribution is -2.48. The standard InChI is InChI=1S/C17H23NO3/c1-4-11-9-14-15(12(5-2)16(11)19)13(18-20-3)10-17(21-14)7-6-8-17/h9,19H,4-8,10H2,1-3H3/b18-13-. The summed E-state index contributed by atoms with van der Waals surface area (Å²) in [7, 11) is 1.57. The van der Waals surface area contributed by atoms with Gasteiger partial charge in [0.1, 0.15) is 24.2 Å². The molecule has 1 saturated carbocycles. The Morgan fingerprint density at radius 1 is 1.33 bits per heavy atom. The third-order valence-corrected chi connectivity index (χ3v) is 4.75. The molecule has 1 aromatic rings. The summed E-state index contributed by atoms with van der Waals surface area (Å²) in [5, 5.41) is 14.7. The molecule has 0 radical (unpaired) electrons. The lowest BCUT2D eigenvalue weighted by atomic mass is 9.73. The largest absolute Gasteiger partial charge is 0.507 e. The van der Waals surface area contributed by atoms with E-state index in [1.807, 2.05) is 19.9 Å². The van der Waals surface area contributed by atoms with Gasteiger partial charge in [0.15, 0.2) is 0 Å². The van der Waals surface area contributed by atoms with Crippen LogP contribution < -0.4 is 4.74 Å². The fourth-order valence-corrected chi connectivity index (χ4v) is 3.47. The molecule has 0 atom stereocenters. The summed E-state index contributed by atoms with van der Waals surface area (Å²) in [6.45, 7) is 4.10. The van der Waals surface area contributed by atoms with E-state index in [1.165, 1.54) is 6.42 Å². The molecule has 2 aliphatic rings. The van der Waals surface area contributed by atoms with Crippen molar-refractivity contribution in [2.75, 3.05) is 7.11 Å². The zero-order valence-electron chi connectivity index (χ0n) is 13.0. The van der Waals surface area contributed by atoms with Crippen LogP contribution in [0.15, 0.2) is 11.2 Å². The molecule has 0 amide bonds. The number of oxime groups is 1. The predicted molar refractivity (Wildman–Crippen MR) is 82.2 cm³/mol. The molecule has 0 unspecified atom stereocenters. The van der Waals surface area contributed by atoms with E-state index in [9.17, 15) is 5.11 Å². The second-order valence-electron chi connectivity index (χ2n) is 5.98. The van der Waals surface area contributed by atoms with Crippen LogP contribution in [0, 0.1) is 0 Å². The summed E-state index contributed by atoms with van der Waals surface area (Å²) in [6.07, 6.45) is 5.65. The number of rotatable bonds is 3. The quantitative estimate of drug-likeness (QED) is 0.865. The van der Waals surface area contributed by atoms with Crippen LogP contribution in [0.25, 0.3) is 0 Å². The minimum atomic E-state index is -0.0998. The SMILES string of the molecule is CCc1cc2c(c(CC)c1O)/C(=N\OC)CC1(CCC1)O2. The van der Waals surface area contributed by atoms with Crippen molar-refractivity contribution in [1.29, 1.82) is 0 Å². The van der Waals surface area contributed by atoms with Gasteiger partial charge in [0.2, 0.25) is 0 Å². The number of ether oxygens (including phenoxy) is 1. The van der Waals surface area contributed by atoms with E-state index in [2.05, 4.69) is 5.16 Å². The number of aromatic hydroxyl groups is 1. The van der Waals surface area contributed by atoms with Crippen LogP contribution in [-0.2, 0) is 17.7 Å². The van der Waals surface area contributed by atoms with Crippen LogP contribution in [0.2, 0.25) is 0 Å². The topological polar surface area (TPSA) is 51.1 Å². The summed E-state index contributed by atoms with van der Waals surface area (Å²) in [5.41, 5.74) is 3.62. The molecular weight excluding hydrogens is 266 g/mol. The van der Waals surface area contributed by atoms with Gasteiger partial charge in [0.25, 0.3) is 0 Å². The minimum Gasteiger partial charge on any atom is -0.507 e. The smallest absolute Gasteiger partial charge is 0.130 e. The number of nitrogens with zero attached hydrogens (tertiary/aromatic N) is 1. The molecule has 114 valence electrons. The van der Waals surface area contributed by atoms with Gasteiger partial charge in [-0.1, -0.05) is 19.0 Å². The van der Waals surface area contributed by atoms with Crippen LogP contribution in [0.5, 0.6) is 11.5 Å². The van der Waals surface area contributed by atoms with Gasteiger partial charge in [-0.3, -0.25) is 0 Å². The molecule has 1 spiro atoms. The Morgan fingerprint density at radius 2 is 2.10 bits per heavy atom. The Kier molecular flexibility index (Phi) is 3.56. The highest BCUT2D eigenvalue weighted by atomic mass is 16.6. The highest BCUT2D eigenvalue weighted by Gasteiger charge is 2.45. The van der Waals surface area contributed by atoms with Gasteiger partial charge in [-0.05, 0) is 43.7 Å². The molecule has 1 fully saturated rings. The van der Waals surface area contributed by atoms with Crippen molar-refractivity contribution < 1.29 is 14.7 Å². The molecule has 4 heteroatoms. The van der Waals surface area contributed by atoms with Gasteiger partial charge in [0, 0.05) is 17.5 Å². The predicted octanol–water partition coefficient (Wildman–Crippen LogP) is 3.57. The first-order valence-electron chi connectivity index (χ1n) is 7.81. The van der Waals surface area contributed by atoms with Crippen molar-refractivity contribution in [3.63, 3.8) is 0 Å². The first kappa shape index (κ1) is 14.2. The third-order valence-electron chi connectivity index (χ3n) is 4.75. The van der Waals surface area contributed by atoms with Crippen LogP contribution in [-0.4, -0.2) is 23.5 Å². The van der Waals surface area contributed by atoms with Gasteiger partial charge in [0.05, 0.1) is 5.71 Å². The molecular formula is C17H23NO3. The van der Waals surface area contributed by atoms with E-state index in [1.54, 1.807) is 7.11 Å².